The molecule has 0 aliphatic heterocycles. The molecule has 3 aromatic rings. The van der Waals surface area contributed by atoms with E-state index in [0.717, 1.165) is 22.9 Å². The minimum Gasteiger partial charge on any atom is -0.491 e. The van der Waals surface area contributed by atoms with Crippen LogP contribution >= 0.6 is 0 Å². The standard InChI is InChI=1S/C21H24N4O/c1-14(2)26-19-7-5-17(6-8-19)23-20-9-10-22-21(25-20)24-18-12-15(3)11-16(4)13-18/h5-14H,1-4H3,(H2,22,23,24,25). The lowest BCUT2D eigenvalue weighted by molar-refractivity contribution is 0.242. The first-order valence-electron chi connectivity index (χ1n) is 8.70. The fraction of sp³-hybridized carbons (Fsp3) is 0.238. The van der Waals surface area contributed by atoms with Crippen molar-refractivity contribution in [1.82, 2.24) is 9.97 Å². The molecule has 26 heavy (non-hydrogen) atoms. The maximum Gasteiger partial charge on any atom is 0.229 e. The minimum absolute atomic E-state index is 0.162. The average molecular weight is 348 g/mol. The van der Waals surface area contributed by atoms with Crippen molar-refractivity contribution in [3.8, 4) is 5.75 Å². The molecule has 0 spiro atoms. The molecule has 5 heteroatoms. The zero-order valence-corrected chi connectivity index (χ0v) is 15.6. The van der Waals surface area contributed by atoms with Crippen molar-refractivity contribution in [3.63, 3.8) is 0 Å². The van der Waals surface area contributed by atoms with Gasteiger partial charge in [0.1, 0.15) is 11.6 Å². The number of nitrogens with zero attached hydrogens (tertiary/aromatic N) is 2. The smallest absolute Gasteiger partial charge is 0.229 e. The fourth-order valence-corrected chi connectivity index (χ4v) is 2.70. The predicted molar refractivity (Wildman–Crippen MR) is 107 cm³/mol. The second-order valence-corrected chi connectivity index (χ2v) is 6.58. The Morgan fingerprint density at radius 1 is 0.846 bits per heavy atom. The third-order valence-electron chi connectivity index (χ3n) is 3.63. The monoisotopic (exact) mass is 348 g/mol. The predicted octanol–water partition coefficient (Wildman–Crippen LogP) is 5.37. The zero-order chi connectivity index (χ0) is 18.5. The molecule has 2 aromatic carbocycles. The van der Waals surface area contributed by atoms with E-state index in [1.54, 1.807) is 6.20 Å². The van der Waals surface area contributed by atoms with Gasteiger partial charge in [-0.1, -0.05) is 6.07 Å². The van der Waals surface area contributed by atoms with Crippen LogP contribution in [0.25, 0.3) is 0 Å². The number of hydrogen-bond acceptors (Lipinski definition) is 5. The molecule has 0 bridgehead atoms. The summed E-state index contributed by atoms with van der Waals surface area (Å²) in [6, 6.07) is 15.9. The maximum atomic E-state index is 5.66. The van der Waals surface area contributed by atoms with Crippen molar-refractivity contribution in [3.05, 3.63) is 65.9 Å². The van der Waals surface area contributed by atoms with Crippen LogP contribution in [0.2, 0.25) is 0 Å². The summed E-state index contributed by atoms with van der Waals surface area (Å²) in [6.07, 6.45) is 1.89. The average Bonchev–Trinajstić information content (AvgIpc) is 2.55. The van der Waals surface area contributed by atoms with E-state index in [1.165, 1.54) is 11.1 Å². The Labute approximate surface area is 154 Å². The van der Waals surface area contributed by atoms with Crippen LogP contribution < -0.4 is 15.4 Å². The molecular weight excluding hydrogens is 324 g/mol. The summed E-state index contributed by atoms with van der Waals surface area (Å²) >= 11 is 0. The first-order chi connectivity index (χ1) is 12.5. The molecule has 0 amide bonds. The second kappa shape index (κ2) is 7.87. The van der Waals surface area contributed by atoms with Crippen molar-refractivity contribution >= 4 is 23.1 Å². The van der Waals surface area contributed by atoms with Crippen LogP contribution in [0, 0.1) is 13.8 Å². The fourth-order valence-electron chi connectivity index (χ4n) is 2.70. The summed E-state index contributed by atoms with van der Waals surface area (Å²) in [5.74, 6) is 2.13. The highest BCUT2D eigenvalue weighted by Gasteiger charge is 2.03. The number of ether oxygens (including phenoxy) is 1. The van der Waals surface area contributed by atoms with Crippen LogP contribution in [-0.2, 0) is 0 Å². The molecule has 0 fully saturated rings. The lowest BCUT2D eigenvalue weighted by atomic mass is 10.1. The van der Waals surface area contributed by atoms with E-state index >= 15 is 0 Å². The van der Waals surface area contributed by atoms with Gasteiger partial charge < -0.3 is 15.4 Å². The van der Waals surface area contributed by atoms with Gasteiger partial charge in [0, 0.05) is 17.6 Å². The normalized spacial score (nSPS) is 10.7. The highest BCUT2D eigenvalue weighted by atomic mass is 16.5. The number of anilines is 4. The molecule has 0 aliphatic carbocycles. The third-order valence-corrected chi connectivity index (χ3v) is 3.63. The molecule has 2 N–H and O–H groups in total. The van der Waals surface area contributed by atoms with Gasteiger partial charge in [0.15, 0.2) is 0 Å². The Bertz CT molecular complexity index is 855. The Hall–Kier alpha value is -3.08. The first kappa shape index (κ1) is 17.7. The lowest BCUT2D eigenvalue weighted by Crippen LogP contribution is -2.05. The highest BCUT2D eigenvalue weighted by Crippen LogP contribution is 2.21. The van der Waals surface area contributed by atoms with Gasteiger partial charge in [-0.2, -0.15) is 4.98 Å². The molecule has 0 saturated heterocycles. The van der Waals surface area contributed by atoms with Gasteiger partial charge in [-0.05, 0) is 81.3 Å². The summed E-state index contributed by atoms with van der Waals surface area (Å²) < 4.78 is 5.66. The molecule has 0 aliphatic rings. The molecule has 5 nitrogen and oxygen atoms in total. The van der Waals surface area contributed by atoms with E-state index < -0.39 is 0 Å². The molecule has 0 saturated carbocycles. The summed E-state index contributed by atoms with van der Waals surface area (Å²) in [4.78, 5) is 8.83. The summed E-state index contributed by atoms with van der Waals surface area (Å²) in [6.45, 7) is 8.17. The van der Waals surface area contributed by atoms with Gasteiger partial charge in [-0.15, -0.1) is 0 Å². The van der Waals surface area contributed by atoms with Gasteiger partial charge in [0.25, 0.3) is 0 Å². The summed E-state index contributed by atoms with van der Waals surface area (Å²) in [5, 5.41) is 6.55. The van der Waals surface area contributed by atoms with Gasteiger partial charge in [-0.25, -0.2) is 4.98 Å². The van der Waals surface area contributed by atoms with Crippen molar-refractivity contribution in [2.24, 2.45) is 0 Å². The molecule has 1 heterocycles. The minimum atomic E-state index is 0.162. The molecule has 3 rings (SSSR count). The first-order valence-corrected chi connectivity index (χ1v) is 8.70. The van der Waals surface area contributed by atoms with Crippen molar-refractivity contribution in [2.75, 3.05) is 10.6 Å². The van der Waals surface area contributed by atoms with Crippen molar-refractivity contribution in [2.45, 2.75) is 33.8 Å². The Balaban J connectivity index is 1.71. The van der Waals surface area contributed by atoms with Crippen LogP contribution in [0.15, 0.2) is 54.7 Å². The highest BCUT2D eigenvalue weighted by molar-refractivity contribution is 5.60. The van der Waals surface area contributed by atoms with Crippen LogP contribution in [0.3, 0.4) is 0 Å². The summed E-state index contributed by atoms with van der Waals surface area (Å²) in [7, 11) is 0. The molecule has 0 unspecified atom stereocenters. The van der Waals surface area contributed by atoms with Crippen molar-refractivity contribution in [1.29, 1.82) is 0 Å². The van der Waals surface area contributed by atoms with Crippen LogP contribution in [-0.4, -0.2) is 16.1 Å². The van der Waals surface area contributed by atoms with E-state index in [4.69, 9.17) is 4.74 Å². The number of aromatic nitrogens is 2. The van der Waals surface area contributed by atoms with E-state index in [2.05, 4.69) is 52.6 Å². The van der Waals surface area contributed by atoms with E-state index in [1.807, 2.05) is 44.2 Å². The van der Waals surface area contributed by atoms with Crippen LogP contribution in [0.5, 0.6) is 5.75 Å². The van der Waals surface area contributed by atoms with Crippen LogP contribution in [0.1, 0.15) is 25.0 Å². The lowest BCUT2D eigenvalue weighted by Gasteiger charge is -2.11. The van der Waals surface area contributed by atoms with Gasteiger partial charge in [-0.3, -0.25) is 0 Å². The van der Waals surface area contributed by atoms with Crippen molar-refractivity contribution < 1.29 is 4.74 Å². The Morgan fingerprint density at radius 3 is 2.19 bits per heavy atom. The SMILES string of the molecule is Cc1cc(C)cc(Nc2nccc(Nc3ccc(OC(C)C)cc3)n2)c1. The van der Waals surface area contributed by atoms with E-state index in [9.17, 15) is 0 Å². The number of aryl methyl sites for hydroxylation is 2. The molecule has 0 atom stereocenters. The number of rotatable bonds is 6. The molecule has 134 valence electrons. The Morgan fingerprint density at radius 2 is 1.54 bits per heavy atom. The molecule has 1 aromatic heterocycles. The maximum absolute atomic E-state index is 5.66. The van der Waals surface area contributed by atoms with Gasteiger partial charge in [0.2, 0.25) is 5.95 Å². The van der Waals surface area contributed by atoms with Gasteiger partial charge >= 0.3 is 0 Å². The van der Waals surface area contributed by atoms with Gasteiger partial charge in [0.05, 0.1) is 6.10 Å². The number of benzene rings is 2. The topological polar surface area (TPSA) is 59.1 Å². The molecule has 0 radical (unpaired) electrons. The molecular formula is C21H24N4O. The Kier molecular flexibility index (Phi) is 5.37. The van der Waals surface area contributed by atoms with E-state index in [-0.39, 0.29) is 6.10 Å². The largest absolute Gasteiger partial charge is 0.491 e. The van der Waals surface area contributed by atoms with E-state index in [0.29, 0.717) is 5.95 Å². The number of nitrogens with one attached hydrogen (secondary N) is 2. The summed E-state index contributed by atoms with van der Waals surface area (Å²) in [5.41, 5.74) is 4.32. The second-order valence-electron chi connectivity index (χ2n) is 6.58. The number of hydrogen-bond donors (Lipinski definition) is 2. The zero-order valence-electron chi connectivity index (χ0n) is 15.6. The van der Waals surface area contributed by atoms with Crippen LogP contribution in [0.4, 0.5) is 23.1 Å². The quantitative estimate of drug-likeness (QED) is 0.627. The third kappa shape index (κ3) is 4.96.